The topological polar surface area (TPSA) is 76.1 Å². The van der Waals surface area contributed by atoms with Crippen molar-refractivity contribution in [1.29, 1.82) is 0 Å². The number of rotatable bonds is 2. The second kappa shape index (κ2) is 4.64. The van der Waals surface area contributed by atoms with Crippen LogP contribution in [0.4, 0.5) is 0 Å². The van der Waals surface area contributed by atoms with Crippen molar-refractivity contribution in [2.75, 3.05) is 13.1 Å². The van der Waals surface area contributed by atoms with Crippen LogP contribution in [0.3, 0.4) is 0 Å². The molecule has 0 aromatic carbocycles. The van der Waals surface area contributed by atoms with Gasteiger partial charge in [0.05, 0.1) is 22.9 Å². The van der Waals surface area contributed by atoms with Crippen molar-refractivity contribution in [2.24, 2.45) is 5.73 Å². The highest BCUT2D eigenvalue weighted by Crippen LogP contribution is 2.32. The molecule has 5 nitrogen and oxygen atoms in total. The molecule has 1 aliphatic heterocycles. The first-order chi connectivity index (χ1) is 8.34. The SMILES string of the molecule is CC(C)(C)n1nccc1C(N)C1(O)CCNCC1. The molecule has 18 heavy (non-hydrogen) atoms. The third kappa shape index (κ3) is 2.43. The van der Waals surface area contributed by atoms with Crippen LogP contribution in [0.2, 0.25) is 0 Å². The quantitative estimate of drug-likeness (QED) is 0.726. The molecule has 1 fully saturated rings. The summed E-state index contributed by atoms with van der Waals surface area (Å²) in [5.74, 6) is 0. The number of hydrogen-bond donors (Lipinski definition) is 3. The Bertz CT molecular complexity index is 401. The molecular weight excluding hydrogens is 228 g/mol. The molecule has 1 unspecified atom stereocenters. The molecule has 1 aromatic rings. The summed E-state index contributed by atoms with van der Waals surface area (Å²) in [6.07, 6.45) is 3.12. The fourth-order valence-electron chi connectivity index (χ4n) is 2.56. The first-order valence-corrected chi connectivity index (χ1v) is 6.58. The summed E-state index contributed by atoms with van der Waals surface area (Å²) >= 11 is 0. The third-order valence-electron chi connectivity index (χ3n) is 3.67. The molecule has 2 rings (SSSR count). The number of nitrogens with two attached hydrogens (primary N) is 1. The van der Waals surface area contributed by atoms with Gasteiger partial charge in [0, 0.05) is 6.20 Å². The van der Waals surface area contributed by atoms with Crippen LogP contribution in [0.5, 0.6) is 0 Å². The van der Waals surface area contributed by atoms with Gasteiger partial charge in [-0.3, -0.25) is 4.68 Å². The Morgan fingerprint density at radius 1 is 1.44 bits per heavy atom. The van der Waals surface area contributed by atoms with Crippen LogP contribution >= 0.6 is 0 Å². The summed E-state index contributed by atoms with van der Waals surface area (Å²) in [6.45, 7) is 7.88. The molecule has 0 radical (unpaired) electrons. The van der Waals surface area contributed by atoms with Gasteiger partial charge in [0.25, 0.3) is 0 Å². The fourth-order valence-corrected chi connectivity index (χ4v) is 2.56. The zero-order valence-electron chi connectivity index (χ0n) is 11.5. The molecule has 4 N–H and O–H groups in total. The van der Waals surface area contributed by atoms with Crippen molar-refractivity contribution >= 4 is 0 Å². The van der Waals surface area contributed by atoms with Gasteiger partial charge >= 0.3 is 0 Å². The summed E-state index contributed by atoms with van der Waals surface area (Å²) in [4.78, 5) is 0. The van der Waals surface area contributed by atoms with E-state index in [4.69, 9.17) is 5.73 Å². The van der Waals surface area contributed by atoms with Crippen LogP contribution < -0.4 is 11.1 Å². The van der Waals surface area contributed by atoms with Crippen LogP contribution in [-0.2, 0) is 5.54 Å². The van der Waals surface area contributed by atoms with Crippen LogP contribution in [0, 0.1) is 0 Å². The van der Waals surface area contributed by atoms with Gasteiger partial charge in [0.1, 0.15) is 0 Å². The number of hydrogen-bond acceptors (Lipinski definition) is 4. The highest BCUT2D eigenvalue weighted by Gasteiger charge is 2.39. The van der Waals surface area contributed by atoms with Gasteiger partial charge in [-0.15, -0.1) is 0 Å². The second-order valence-electron chi connectivity index (χ2n) is 6.17. The van der Waals surface area contributed by atoms with Crippen LogP contribution in [0.15, 0.2) is 12.3 Å². The van der Waals surface area contributed by atoms with Crippen molar-refractivity contribution in [1.82, 2.24) is 15.1 Å². The van der Waals surface area contributed by atoms with E-state index < -0.39 is 5.60 Å². The molecular formula is C13H24N4O. The molecule has 0 bridgehead atoms. The Morgan fingerprint density at radius 3 is 2.61 bits per heavy atom. The Balaban J connectivity index is 2.28. The Morgan fingerprint density at radius 2 is 2.06 bits per heavy atom. The Kier molecular flexibility index (Phi) is 3.49. The van der Waals surface area contributed by atoms with Crippen LogP contribution in [0.1, 0.15) is 45.3 Å². The normalized spacial score (nSPS) is 21.8. The lowest BCUT2D eigenvalue weighted by Gasteiger charge is -2.38. The smallest absolute Gasteiger partial charge is 0.0878 e. The molecule has 5 heteroatoms. The lowest BCUT2D eigenvalue weighted by atomic mass is 9.83. The van der Waals surface area contributed by atoms with E-state index in [1.165, 1.54) is 0 Å². The molecule has 0 aliphatic carbocycles. The maximum Gasteiger partial charge on any atom is 0.0878 e. The average Bonchev–Trinajstić information content (AvgIpc) is 2.77. The maximum absolute atomic E-state index is 10.7. The Hall–Kier alpha value is -0.910. The van der Waals surface area contributed by atoms with Gasteiger partial charge in [-0.2, -0.15) is 5.10 Å². The van der Waals surface area contributed by atoms with Gasteiger partial charge in [0.15, 0.2) is 0 Å². The van der Waals surface area contributed by atoms with Gasteiger partial charge in [0.2, 0.25) is 0 Å². The minimum atomic E-state index is -0.825. The highest BCUT2D eigenvalue weighted by atomic mass is 16.3. The van der Waals surface area contributed by atoms with Gasteiger partial charge in [-0.05, 0) is 52.8 Å². The average molecular weight is 252 g/mol. The van der Waals surface area contributed by atoms with Gasteiger partial charge in [-0.25, -0.2) is 0 Å². The van der Waals surface area contributed by atoms with Crippen molar-refractivity contribution in [3.05, 3.63) is 18.0 Å². The lowest BCUT2D eigenvalue weighted by molar-refractivity contribution is -0.0174. The second-order valence-corrected chi connectivity index (χ2v) is 6.17. The molecule has 102 valence electrons. The third-order valence-corrected chi connectivity index (χ3v) is 3.67. The van der Waals surface area contributed by atoms with E-state index in [9.17, 15) is 5.11 Å². The first-order valence-electron chi connectivity index (χ1n) is 6.58. The van der Waals surface area contributed by atoms with Crippen molar-refractivity contribution in [3.8, 4) is 0 Å². The van der Waals surface area contributed by atoms with Crippen LogP contribution in [-0.4, -0.2) is 33.6 Å². The predicted octanol–water partition coefficient (Wildman–Crippen LogP) is 0.752. The number of nitrogens with one attached hydrogen (secondary N) is 1. The number of nitrogens with zero attached hydrogens (tertiary/aromatic N) is 2. The van der Waals surface area contributed by atoms with Gasteiger partial charge < -0.3 is 16.2 Å². The summed E-state index contributed by atoms with van der Waals surface area (Å²) in [6, 6.07) is 1.52. The molecule has 0 spiro atoms. The molecule has 1 aliphatic rings. The van der Waals surface area contributed by atoms with E-state index in [0.717, 1.165) is 18.8 Å². The van der Waals surface area contributed by atoms with E-state index in [2.05, 4.69) is 31.2 Å². The van der Waals surface area contributed by atoms with E-state index in [0.29, 0.717) is 12.8 Å². The van der Waals surface area contributed by atoms with Crippen molar-refractivity contribution < 1.29 is 5.11 Å². The standard InChI is InChI=1S/C13H24N4O/c1-12(2,3)17-10(4-7-16-17)11(14)13(18)5-8-15-9-6-13/h4,7,11,15,18H,5-6,8-9,14H2,1-3H3. The molecule has 1 atom stereocenters. The summed E-state index contributed by atoms with van der Waals surface area (Å²) in [5, 5.41) is 18.3. The predicted molar refractivity (Wildman–Crippen MR) is 71.2 cm³/mol. The van der Waals surface area contributed by atoms with Crippen molar-refractivity contribution in [3.63, 3.8) is 0 Å². The molecule has 0 amide bonds. The summed E-state index contributed by atoms with van der Waals surface area (Å²) in [5.41, 5.74) is 6.27. The minimum Gasteiger partial charge on any atom is -0.388 e. The number of piperidine rings is 1. The van der Waals surface area contributed by atoms with Crippen molar-refractivity contribution in [2.45, 2.75) is 50.8 Å². The molecule has 0 saturated carbocycles. The van der Waals surface area contributed by atoms with E-state index in [1.807, 2.05) is 10.7 Å². The van der Waals surface area contributed by atoms with E-state index >= 15 is 0 Å². The largest absolute Gasteiger partial charge is 0.388 e. The highest BCUT2D eigenvalue weighted by molar-refractivity contribution is 5.14. The molecule has 1 aromatic heterocycles. The van der Waals surface area contributed by atoms with E-state index in [-0.39, 0.29) is 11.6 Å². The lowest BCUT2D eigenvalue weighted by Crippen LogP contribution is -2.50. The molecule has 2 heterocycles. The zero-order chi connectivity index (χ0) is 13.4. The monoisotopic (exact) mass is 252 g/mol. The number of aliphatic hydroxyl groups is 1. The Labute approximate surface area is 108 Å². The van der Waals surface area contributed by atoms with Gasteiger partial charge in [-0.1, -0.05) is 0 Å². The zero-order valence-corrected chi connectivity index (χ0v) is 11.5. The summed E-state index contributed by atoms with van der Waals surface area (Å²) < 4.78 is 1.91. The minimum absolute atomic E-state index is 0.125. The van der Waals surface area contributed by atoms with Crippen LogP contribution in [0.25, 0.3) is 0 Å². The molecule has 1 saturated heterocycles. The first kappa shape index (κ1) is 13.5. The number of aromatic nitrogens is 2. The maximum atomic E-state index is 10.7. The summed E-state index contributed by atoms with van der Waals surface area (Å²) in [7, 11) is 0. The fraction of sp³-hybridized carbons (Fsp3) is 0.769. The van der Waals surface area contributed by atoms with E-state index in [1.54, 1.807) is 6.20 Å².